The van der Waals surface area contributed by atoms with E-state index in [0.717, 1.165) is 25.0 Å². The largest absolute Gasteiger partial charge is 0.376 e. The van der Waals surface area contributed by atoms with E-state index >= 15 is 0 Å². The average molecular weight is 334 g/mol. The number of benzene rings is 2. The molecule has 1 saturated heterocycles. The molecular formula is C20H18N2O3. The summed E-state index contributed by atoms with van der Waals surface area (Å²) >= 11 is 0. The quantitative estimate of drug-likeness (QED) is 0.848. The third-order valence-corrected chi connectivity index (χ3v) is 5.31. The SMILES string of the molecule is O=C1c2ccccc2N2C(=O)c3ccccc3C2N1CC1CCCO1. The van der Waals surface area contributed by atoms with Crippen molar-refractivity contribution in [2.45, 2.75) is 25.1 Å². The highest BCUT2D eigenvalue weighted by Crippen LogP contribution is 2.45. The zero-order valence-electron chi connectivity index (χ0n) is 13.7. The number of rotatable bonds is 2. The van der Waals surface area contributed by atoms with Gasteiger partial charge >= 0.3 is 0 Å². The van der Waals surface area contributed by atoms with E-state index < -0.39 is 0 Å². The summed E-state index contributed by atoms with van der Waals surface area (Å²) in [6, 6.07) is 14.9. The van der Waals surface area contributed by atoms with E-state index in [9.17, 15) is 9.59 Å². The van der Waals surface area contributed by atoms with Gasteiger partial charge in [-0.2, -0.15) is 0 Å². The molecule has 5 rings (SSSR count). The van der Waals surface area contributed by atoms with Crippen LogP contribution in [0.25, 0.3) is 0 Å². The van der Waals surface area contributed by atoms with Gasteiger partial charge < -0.3 is 9.64 Å². The third kappa shape index (κ3) is 2.05. The molecule has 3 aliphatic heterocycles. The summed E-state index contributed by atoms with van der Waals surface area (Å²) in [5.41, 5.74) is 2.85. The van der Waals surface area contributed by atoms with E-state index in [-0.39, 0.29) is 24.1 Å². The molecule has 25 heavy (non-hydrogen) atoms. The summed E-state index contributed by atoms with van der Waals surface area (Å²) in [6.45, 7) is 1.25. The van der Waals surface area contributed by atoms with Crippen LogP contribution in [0, 0.1) is 0 Å². The normalized spacial score (nSPS) is 24.3. The van der Waals surface area contributed by atoms with Crippen LogP contribution < -0.4 is 4.90 Å². The van der Waals surface area contributed by atoms with E-state index in [1.54, 1.807) is 11.0 Å². The van der Waals surface area contributed by atoms with Gasteiger partial charge in [0.2, 0.25) is 0 Å². The first kappa shape index (κ1) is 14.7. The second kappa shape index (κ2) is 5.43. The molecule has 0 bridgehead atoms. The van der Waals surface area contributed by atoms with Gasteiger partial charge in [-0.05, 0) is 31.0 Å². The van der Waals surface area contributed by atoms with E-state index in [1.807, 2.05) is 47.4 Å². The Bertz CT molecular complexity index is 873. The molecule has 0 aliphatic carbocycles. The maximum absolute atomic E-state index is 13.2. The minimum Gasteiger partial charge on any atom is -0.376 e. The number of carbonyl (C=O) groups excluding carboxylic acids is 2. The molecule has 126 valence electrons. The molecule has 5 heteroatoms. The van der Waals surface area contributed by atoms with Gasteiger partial charge in [0.25, 0.3) is 11.8 Å². The highest BCUT2D eigenvalue weighted by Gasteiger charge is 2.48. The fourth-order valence-electron chi connectivity index (χ4n) is 4.17. The van der Waals surface area contributed by atoms with Gasteiger partial charge in [-0.25, -0.2) is 0 Å². The monoisotopic (exact) mass is 334 g/mol. The molecule has 0 saturated carbocycles. The number of fused-ring (bicyclic) bond motifs is 5. The van der Waals surface area contributed by atoms with Crippen molar-refractivity contribution in [2.24, 2.45) is 0 Å². The zero-order chi connectivity index (χ0) is 17.0. The molecule has 3 heterocycles. The molecule has 0 spiro atoms. The maximum Gasteiger partial charge on any atom is 0.260 e. The van der Waals surface area contributed by atoms with Gasteiger partial charge in [0.1, 0.15) is 6.17 Å². The minimum atomic E-state index is -0.379. The molecular weight excluding hydrogens is 316 g/mol. The van der Waals surface area contributed by atoms with Crippen molar-refractivity contribution in [3.05, 3.63) is 65.2 Å². The van der Waals surface area contributed by atoms with Gasteiger partial charge in [0, 0.05) is 24.3 Å². The van der Waals surface area contributed by atoms with Gasteiger partial charge in [-0.3, -0.25) is 14.5 Å². The number of hydrogen-bond donors (Lipinski definition) is 0. The van der Waals surface area contributed by atoms with Crippen molar-refractivity contribution in [3.63, 3.8) is 0 Å². The summed E-state index contributed by atoms with van der Waals surface area (Å²) < 4.78 is 5.76. The minimum absolute atomic E-state index is 0.0307. The fraction of sp³-hybridized carbons (Fsp3) is 0.300. The predicted molar refractivity (Wildman–Crippen MR) is 92.4 cm³/mol. The van der Waals surface area contributed by atoms with Gasteiger partial charge in [0.15, 0.2) is 0 Å². The summed E-state index contributed by atoms with van der Waals surface area (Å²) in [5.74, 6) is -0.0743. The molecule has 0 radical (unpaired) electrons. The van der Waals surface area contributed by atoms with Crippen LogP contribution in [0.5, 0.6) is 0 Å². The number of anilines is 1. The third-order valence-electron chi connectivity index (χ3n) is 5.31. The van der Waals surface area contributed by atoms with Crippen LogP contribution in [0.3, 0.4) is 0 Å². The Balaban J connectivity index is 1.66. The smallest absolute Gasteiger partial charge is 0.260 e. The molecule has 2 atom stereocenters. The molecule has 0 N–H and O–H groups in total. The Morgan fingerprint density at radius 3 is 2.52 bits per heavy atom. The number of hydrogen-bond acceptors (Lipinski definition) is 3. The summed E-state index contributed by atoms with van der Waals surface area (Å²) in [7, 11) is 0. The Hall–Kier alpha value is -2.66. The topological polar surface area (TPSA) is 49.9 Å². The van der Waals surface area contributed by atoms with Crippen molar-refractivity contribution in [3.8, 4) is 0 Å². The number of carbonyl (C=O) groups is 2. The van der Waals surface area contributed by atoms with Crippen LogP contribution in [0.2, 0.25) is 0 Å². The lowest BCUT2D eigenvalue weighted by Crippen LogP contribution is -2.50. The van der Waals surface area contributed by atoms with Crippen molar-refractivity contribution in [1.29, 1.82) is 0 Å². The molecule has 0 aromatic heterocycles. The molecule has 2 unspecified atom stereocenters. The average Bonchev–Trinajstić information content (AvgIpc) is 3.26. The fourth-order valence-corrected chi connectivity index (χ4v) is 4.17. The van der Waals surface area contributed by atoms with E-state index in [1.165, 1.54) is 0 Å². The second-order valence-corrected chi connectivity index (χ2v) is 6.75. The molecule has 2 aromatic carbocycles. The molecule has 1 fully saturated rings. The molecule has 5 nitrogen and oxygen atoms in total. The number of nitrogens with zero attached hydrogens (tertiary/aromatic N) is 2. The number of amides is 2. The van der Waals surface area contributed by atoms with Crippen molar-refractivity contribution in [1.82, 2.24) is 4.90 Å². The second-order valence-electron chi connectivity index (χ2n) is 6.75. The van der Waals surface area contributed by atoms with Crippen LogP contribution in [0.1, 0.15) is 45.3 Å². The van der Waals surface area contributed by atoms with Crippen LogP contribution in [0.15, 0.2) is 48.5 Å². The predicted octanol–water partition coefficient (Wildman–Crippen LogP) is 2.98. The van der Waals surface area contributed by atoms with Crippen molar-refractivity contribution < 1.29 is 14.3 Å². The van der Waals surface area contributed by atoms with E-state index in [4.69, 9.17) is 4.74 Å². The van der Waals surface area contributed by atoms with Crippen LogP contribution in [-0.4, -0.2) is 36.0 Å². The summed E-state index contributed by atoms with van der Waals surface area (Å²) in [5, 5.41) is 0. The molecule has 3 aliphatic rings. The van der Waals surface area contributed by atoms with E-state index in [0.29, 0.717) is 23.4 Å². The Morgan fingerprint density at radius 1 is 0.960 bits per heavy atom. The Morgan fingerprint density at radius 2 is 1.72 bits per heavy atom. The number of para-hydroxylation sites is 1. The van der Waals surface area contributed by atoms with Crippen molar-refractivity contribution >= 4 is 17.5 Å². The van der Waals surface area contributed by atoms with Gasteiger partial charge in [-0.15, -0.1) is 0 Å². The van der Waals surface area contributed by atoms with Crippen LogP contribution in [0.4, 0.5) is 5.69 Å². The Kier molecular flexibility index (Phi) is 3.18. The van der Waals surface area contributed by atoms with Gasteiger partial charge in [-0.1, -0.05) is 30.3 Å². The molecule has 2 amide bonds. The highest BCUT2D eigenvalue weighted by atomic mass is 16.5. The maximum atomic E-state index is 13.2. The molecule has 2 aromatic rings. The first-order valence-corrected chi connectivity index (χ1v) is 8.70. The summed E-state index contributed by atoms with van der Waals surface area (Å²) in [4.78, 5) is 29.8. The first-order chi connectivity index (χ1) is 12.3. The van der Waals surface area contributed by atoms with Crippen LogP contribution in [-0.2, 0) is 4.74 Å². The standard InChI is InChI=1S/C20H18N2O3/c23-19-16-9-3-4-10-17(16)22-18(21(19)12-13-6-5-11-25-13)14-7-1-2-8-15(14)20(22)24/h1-4,7-10,13,18H,5-6,11-12H2. The van der Waals surface area contributed by atoms with E-state index in [2.05, 4.69) is 0 Å². The lowest BCUT2D eigenvalue weighted by molar-refractivity contribution is 0.0392. The van der Waals surface area contributed by atoms with Crippen LogP contribution >= 0.6 is 0 Å². The van der Waals surface area contributed by atoms with Gasteiger partial charge in [0.05, 0.1) is 17.4 Å². The first-order valence-electron chi connectivity index (χ1n) is 8.70. The number of ether oxygens (including phenoxy) is 1. The lowest BCUT2D eigenvalue weighted by atomic mass is 10.0. The zero-order valence-corrected chi connectivity index (χ0v) is 13.7. The Labute approximate surface area is 145 Å². The highest BCUT2D eigenvalue weighted by molar-refractivity contribution is 6.16. The summed E-state index contributed by atoms with van der Waals surface area (Å²) in [6.07, 6.45) is 1.63. The van der Waals surface area contributed by atoms with Crippen molar-refractivity contribution in [2.75, 3.05) is 18.1 Å². The lowest BCUT2D eigenvalue weighted by Gasteiger charge is -2.41.